The smallest absolute Gasteiger partial charge is 0.744 e. The Morgan fingerprint density at radius 1 is 0.607 bits per heavy atom. The summed E-state index contributed by atoms with van der Waals surface area (Å²) in [4.78, 5) is 63.9. The van der Waals surface area contributed by atoms with Gasteiger partial charge in [-0.1, -0.05) is 12.1 Å². The zero-order valence-corrected chi connectivity index (χ0v) is 38.2. The molecule has 0 saturated carbocycles. The van der Waals surface area contributed by atoms with Gasteiger partial charge in [-0.2, -0.15) is 10.2 Å². The summed E-state index contributed by atoms with van der Waals surface area (Å²) in [5.41, 5.74) is -1.68. The van der Waals surface area contributed by atoms with Gasteiger partial charge in [0, 0.05) is 12.1 Å². The number of ether oxygens (including phenoxy) is 2. The molecule has 0 spiro atoms. The molecule has 0 radical (unpaired) electrons. The number of methoxy groups -OCH3 is 2. The molecular weight excluding hydrogens is 978 g/mol. The summed E-state index contributed by atoms with van der Waals surface area (Å²) < 4.78 is 78.2. The SMILES string of the molecule is COc1cccc(N=Nc2ccc([N+](=O)[O-])c(S(=O)(=O)[O-])c2)c1NC(=O)CC(C)=O.COc1cccc(N=Nc2ccc([N+](=O)[O-])c(S(=O)(=O)[O-])c2)c1NC(=O)CC(C)=O.[Ba+2]. The van der Waals surface area contributed by atoms with Crippen LogP contribution in [0.1, 0.15) is 26.7 Å². The molecule has 0 fully saturated rings. The Labute approximate surface area is 385 Å². The second kappa shape index (κ2) is 22.7. The third-order valence-electron chi connectivity index (χ3n) is 7.16. The molecule has 0 heterocycles. The van der Waals surface area contributed by atoms with Crippen molar-refractivity contribution < 1.29 is 64.4 Å². The second-order valence-electron chi connectivity index (χ2n) is 11.7. The summed E-state index contributed by atoms with van der Waals surface area (Å²) in [5, 5.41) is 42.2. The third-order valence-corrected chi connectivity index (χ3v) is 8.89. The fourth-order valence-corrected chi connectivity index (χ4v) is 6.00. The molecule has 0 aliphatic carbocycles. The number of azo groups is 2. The Morgan fingerprint density at radius 3 is 1.23 bits per heavy atom. The maximum atomic E-state index is 11.9. The number of hydrogen-bond acceptors (Lipinski definition) is 20. The normalized spacial score (nSPS) is 11.1. The van der Waals surface area contributed by atoms with Gasteiger partial charge in [0.25, 0.3) is 11.4 Å². The van der Waals surface area contributed by atoms with Gasteiger partial charge in [-0.25, -0.2) is 16.8 Å². The van der Waals surface area contributed by atoms with Crippen LogP contribution in [0.3, 0.4) is 0 Å². The van der Waals surface area contributed by atoms with E-state index in [-0.39, 0.29) is 119 Å². The van der Waals surface area contributed by atoms with Gasteiger partial charge in [0.1, 0.15) is 75.8 Å². The Balaban J connectivity index is 0.000000413. The van der Waals surface area contributed by atoms with E-state index in [1.54, 1.807) is 0 Å². The van der Waals surface area contributed by atoms with Crippen LogP contribution in [-0.4, -0.2) is 122 Å². The second-order valence-corrected chi connectivity index (χ2v) is 14.4. The van der Waals surface area contributed by atoms with Crippen LogP contribution in [-0.2, 0) is 39.4 Å². The summed E-state index contributed by atoms with van der Waals surface area (Å²) in [6.45, 7) is 2.50. The minimum Gasteiger partial charge on any atom is -0.744 e. The van der Waals surface area contributed by atoms with Gasteiger partial charge in [0.2, 0.25) is 11.8 Å². The third kappa shape index (κ3) is 15.3. The van der Waals surface area contributed by atoms with Gasteiger partial charge in [-0.05, 0) is 62.4 Å². The number of nitro benzene ring substituents is 2. The summed E-state index contributed by atoms with van der Waals surface area (Å²) >= 11 is 0. The van der Waals surface area contributed by atoms with Crippen LogP contribution < -0.4 is 20.1 Å². The number of ketones is 2. The number of carbonyl (C=O) groups excluding carboxylic acids is 4. The van der Waals surface area contributed by atoms with Gasteiger partial charge < -0.3 is 29.2 Å². The molecule has 4 rings (SSSR count). The molecule has 316 valence electrons. The first-order valence-corrected chi connectivity index (χ1v) is 19.1. The number of anilines is 2. The van der Waals surface area contributed by atoms with Crippen molar-refractivity contribution in [2.45, 2.75) is 36.5 Å². The van der Waals surface area contributed by atoms with Crippen molar-refractivity contribution >= 4 is 138 Å². The molecule has 2 amide bonds. The van der Waals surface area contributed by atoms with Crippen molar-refractivity contribution in [3.63, 3.8) is 0 Å². The molecule has 61 heavy (non-hydrogen) atoms. The molecular formula is C34H30BaN8O16S2. The van der Waals surface area contributed by atoms with Crippen molar-refractivity contribution in [3.05, 3.63) is 93.0 Å². The molecule has 0 aliphatic rings. The van der Waals surface area contributed by atoms with Crippen molar-refractivity contribution in [2.75, 3.05) is 24.9 Å². The summed E-state index contributed by atoms with van der Waals surface area (Å²) in [5.74, 6) is -1.51. The fraction of sp³-hybridized carbons (Fsp3) is 0.176. The molecule has 24 nitrogen and oxygen atoms in total. The minimum atomic E-state index is -5.13. The molecule has 0 bridgehead atoms. The van der Waals surface area contributed by atoms with Crippen molar-refractivity contribution in [1.29, 1.82) is 0 Å². The van der Waals surface area contributed by atoms with E-state index < -0.39 is 63.1 Å². The minimum absolute atomic E-state index is 0. The molecule has 0 aromatic heterocycles. The van der Waals surface area contributed by atoms with Crippen molar-refractivity contribution in [1.82, 2.24) is 0 Å². The van der Waals surface area contributed by atoms with Crippen LogP contribution in [0.2, 0.25) is 0 Å². The quantitative estimate of drug-likeness (QED) is 0.0359. The Kier molecular flexibility index (Phi) is 19.1. The zero-order chi connectivity index (χ0) is 44.9. The molecule has 4 aromatic rings. The number of hydrogen-bond donors (Lipinski definition) is 2. The van der Waals surface area contributed by atoms with Crippen LogP contribution in [0.15, 0.2) is 103 Å². The fourth-order valence-electron chi connectivity index (χ4n) is 4.67. The van der Waals surface area contributed by atoms with Crippen molar-refractivity contribution in [2.24, 2.45) is 20.5 Å². The number of carbonyl (C=O) groups is 4. The molecule has 0 aliphatic heterocycles. The zero-order valence-electron chi connectivity index (χ0n) is 32.1. The number of nitrogens with zero attached hydrogens (tertiary/aromatic N) is 6. The number of para-hydroxylation sites is 2. The number of rotatable bonds is 16. The molecule has 0 saturated heterocycles. The molecule has 4 aromatic carbocycles. The predicted octanol–water partition coefficient (Wildman–Crippen LogP) is 5.30. The van der Waals surface area contributed by atoms with Crippen LogP contribution in [0, 0.1) is 20.2 Å². The van der Waals surface area contributed by atoms with Gasteiger partial charge in [0.05, 0.1) is 48.3 Å². The van der Waals surface area contributed by atoms with Gasteiger partial charge in [-0.3, -0.25) is 39.4 Å². The molecule has 27 heteroatoms. The number of nitrogens with one attached hydrogen (secondary N) is 2. The first-order valence-electron chi connectivity index (χ1n) is 16.3. The van der Waals surface area contributed by atoms with Crippen LogP contribution in [0.5, 0.6) is 11.5 Å². The number of Topliss-reactive ketones (excluding diaryl/α,β-unsaturated/α-hetero) is 2. The predicted molar refractivity (Wildman–Crippen MR) is 210 cm³/mol. The number of amides is 2. The van der Waals surface area contributed by atoms with E-state index in [0.717, 1.165) is 36.4 Å². The standard InChI is InChI=1S/2C17H16N4O8S.Ba/c2*1-10(22)8-16(23)18-17-12(4-3-5-14(17)29-2)20-19-11-6-7-13(21(24)25)15(9-11)30(26,27)28;/h2*3-7,9H,8H2,1-2H3,(H,18,23)(H,26,27,28);/q;;+2/p-2. The van der Waals surface area contributed by atoms with E-state index in [9.17, 15) is 65.3 Å². The van der Waals surface area contributed by atoms with Crippen LogP contribution in [0.25, 0.3) is 0 Å². The first-order chi connectivity index (χ1) is 28.0. The summed E-state index contributed by atoms with van der Waals surface area (Å²) in [6.07, 6.45) is -0.747. The average molecular weight is 1010 g/mol. The maximum absolute atomic E-state index is 11.9. The average Bonchev–Trinajstić information content (AvgIpc) is 3.15. The first kappa shape index (κ1) is 51.3. The molecule has 0 unspecified atom stereocenters. The van der Waals surface area contributed by atoms with Crippen molar-refractivity contribution in [3.8, 4) is 11.5 Å². The summed E-state index contributed by atoms with van der Waals surface area (Å²) in [6, 6.07) is 14.3. The van der Waals surface area contributed by atoms with E-state index in [1.165, 1.54) is 64.5 Å². The van der Waals surface area contributed by atoms with E-state index in [0.29, 0.717) is 0 Å². The molecule has 2 N–H and O–H groups in total. The van der Waals surface area contributed by atoms with Gasteiger partial charge in [-0.15, -0.1) is 10.2 Å². The number of benzene rings is 4. The Bertz CT molecular complexity index is 2480. The van der Waals surface area contributed by atoms with Crippen LogP contribution in [0.4, 0.5) is 45.5 Å². The van der Waals surface area contributed by atoms with Crippen LogP contribution >= 0.6 is 0 Å². The maximum Gasteiger partial charge on any atom is 2.00 e. The monoisotopic (exact) mass is 1010 g/mol. The Hall–Kier alpha value is -5.85. The van der Waals surface area contributed by atoms with E-state index >= 15 is 0 Å². The molecule has 0 atom stereocenters. The van der Waals surface area contributed by atoms with Gasteiger partial charge >= 0.3 is 48.9 Å². The van der Waals surface area contributed by atoms with E-state index in [4.69, 9.17) is 9.47 Å². The topological polar surface area (TPSA) is 361 Å². The summed E-state index contributed by atoms with van der Waals surface area (Å²) in [7, 11) is -7.57. The van der Waals surface area contributed by atoms with E-state index in [2.05, 4.69) is 31.1 Å². The largest absolute Gasteiger partial charge is 2.00 e. The van der Waals surface area contributed by atoms with E-state index in [1.807, 2.05) is 0 Å². The number of nitro groups is 2. The Morgan fingerprint density at radius 2 is 0.951 bits per heavy atom. The van der Waals surface area contributed by atoms with Gasteiger partial charge in [0.15, 0.2) is 0 Å².